The highest BCUT2D eigenvalue weighted by Crippen LogP contribution is 1.99. The molecule has 5 nitrogen and oxygen atoms in total. The second kappa shape index (κ2) is 5.18. The lowest BCUT2D eigenvalue weighted by Crippen LogP contribution is -2.29. The molecule has 0 aliphatic carbocycles. The molecule has 1 aromatic rings. The van der Waals surface area contributed by atoms with E-state index >= 15 is 0 Å². The van der Waals surface area contributed by atoms with Crippen molar-refractivity contribution in [3.8, 4) is 0 Å². The van der Waals surface area contributed by atoms with E-state index in [1.807, 2.05) is 0 Å². The first-order valence-corrected chi connectivity index (χ1v) is 4.28. The minimum Gasteiger partial charge on any atom is -0.363 e. The van der Waals surface area contributed by atoms with Crippen LogP contribution in [0.2, 0.25) is 0 Å². The third-order valence-corrected chi connectivity index (χ3v) is 1.50. The van der Waals surface area contributed by atoms with Gasteiger partial charge in [-0.1, -0.05) is 18.5 Å². The van der Waals surface area contributed by atoms with Gasteiger partial charge in [0.1, 0.15) is 6.26 Å². The normalized spacial score (nSPS) is 9.62. The molecule has 0 saturated carbocycles. The molecule has 0 aromatic carbocycles. The summed E-state index contributed by atoms with van der Waals surface area (Å²) in [4.78, 5) is 11.1. The van der Waals surface area contributed by atoms with Crippen LogP contribution in [0.1, 0.15) is 19.8 Å². The minimum absolute atomic E-state index is 0.248. The first-order chi connectivity index (χ1) is 6.33. The minimum atomic E-state index is -0.248. The largest absolute Gasteiger partial charge is 0.363 e. The maximum absolute atomic E-state index is 11.1. The van der Waals surface area contributed by atoms with Gasteiger partial charge in [0.2, 0.25) is 0 Å². The highest BCUT2D eigenvalue weighted by molar-refractivity contribution is 5.87. The second-order valence-electron chi connectivity index (χ2n) is 2.62. The van der Waals surface area contributed by atoms with E-state index in [9.17, 15) is 4.79 Å². The summed E-state index contributed by atoms with van der Waals surface area (Å²) >= 11 is 0. The van der Waals surface area contributed by atoms with Crippen LogP contribution >= 0.6 is 0 Å². The third-order valence-electron chi connectivity index (χ3n) is 1.50. The monoisotopic (exact) mass is 183 g/mol. The highest BCUT2D eigenvalue weighted by Gasteiger charge is 2.01. The zero-order valence-electron chi connectivity index (χ0n) is 7.54. The average Bonchev–Trinajstić information content (AvgIpc) is 2.57. The number of hydrogen-bond donors (Lipinski definition) is 2. The van der Waals surface area contributed by atoms with Gasteiger partial charge in [-0.25, -0.2) is 4.79 Å². The van der Waals surface area contributed by atoms with Crippen LogP contribution in [0.3, 0.4) is 0 Å². The molecule has 0 aliphatic heterocycles. The predicted octanol–water partition coefficient (Wildman–Crippen LogP) is 1.60. The van der Waals surface area contributed by atoms with Crippen molar-refractivity contribution >= 4 is 11.8 Å². The zero-order valence-corrected chi connectivity index (χ0v) is 7.54. The molecular weight excluding hydrogens is 170 g/mol. The molecular formula is C8H13N3O2. The summed E-state index contributed by atoms with van der Waals surface area (Å²) in [5.41, 5.74) is 0. The Balaban J connectivity index is 2.18. The summed E-state index contributed by atoms with van der Waals surface area (Å²) in [6.07, 6.45) is 3.44. The summed E-state index contributed by atoms with van der Waals surface area (Å²) in [6, 6.07) is 1.33. The number of amides is 2. The Labute approximate surface area is 76.5 Å². The summed E-state index contributed by atoms with van der Waals surface area (Å²) in [5.74, 6) is 0.425. The molecule has 0 fully saturated rings. The molecule has 2 N–H and O–H groups in total. The molecule has 0 spiro atoms. The Morgan fingerprint density at radius 2 is 2.54 bits per heavy atom. The lowest BCUT2D eigenvalue weighted by Gasteiger charge is -2.02. The molecule has 0 aliphatic rings. The number of hydrogen-bond acceptors (Lipinski definition) is 3. The summed E-state index contributed by atoms with van der Waals surface area (Å²) in [7, 11) is 0. The molecule has 0 atom stereocenters. The number of aromatic nitrogens is 1. The molecule has 5 heteroatoms. The molecule has 13 heavy (non-hydrogen) atoms. The van der Waals surface area contributed by atoms with Gasteiger partial charge in [-0.3, -0.25) is 5.32 Å². The molecule has 2 amide bonds. The number of rotatable bonds is 4. The van der Waals surface area contributed by atoms with E-state index in [-0.39, 0.29) is 6.03 Å². The highest BCUT2D eigenvalue weighted by atomic mass is 16.5. The van der Waals surface area contributed by atoms with E-state index < -0.39 is 0 Å². The van der Waals surface area contributed by atoms with Crippen LogP contribution in [-0.2, 0) is 0 Å². The fourth-order valence-electron chi connectivity index (χ4n) is 0.816. The molecule has 0 radical (unpaired) electrons. The van der Waals surface area contributed by atoms with E-state index in [2.05, 4.69) is 27.2 Å². The fraction of sp³-hybridized carbons (Fsp3) is 0.500. The van der Waals surface area contributed by atoms with Gasteiger partial charge >= 0.3 is 6.03 Å². The van der Waals surface area contributed by atoms with Crippen molar-refractivity contribution in [1.82, 2.24) is 10.5 Å². The molecule has 1 aromatic heterocycles. The summed E-state index contributed by atoms with van der Waals surface area (Å²) in [5, 5.41) is 8.75. The standard InChI is InChI=1S/C8H13N3O2/c1-2-3-5-9-8(12)10-7-4-6-13-11-7/h4,6H,2-3,5H2,1H3,(H2,9,10,11,12). The SMILES string of the molecule is CCCCNC(=O)Nc1ccon1. The van der Waals surface area contributed by atoms with E-state index in [0.717, 1.165) is 12.8 Å². The topological polar surface area (TPSA) is 67.2 Å². The Bertz CT molecular complexity index is 246. The van der Waals surface area contributed by atoms with Crippen molar-refractivity contribution in [2.45, 2.75) is 19.8 Å². The van der Waals surface area contributed by atoms with Crippen molar-refractivity contribution in [3.63, 3.8) is 0 Å². The number of urea groups is 1. The van der Waals surface area contributed by atoms with Crippen LogP contribution in [0.5, 0.6) is 0 Å². The van der Waals surface area contributed by atoms with Gasteiger partial charge in [0.05, 0.1) is 0 Å². The number of nitrogens with one attached hydrogen (secondary N) is 2. The van der Waals surface area contributed by atoms with Crippen molar-refractivity contribution in [2.75, 3.05) is 11.9 Å². The van der Waals surface area contributed by atoms with Gasteiger partial charge < -0.3 is 9.84 Å². The van der Waals surface area contributed by atoms with Crippen molar-refractivity contribution in [3.05, 3.63) is 12.3 Å². The number of nitrogens with zero attached hydrogens (tertiary/aromatic N) is 1. The van der Waals surface area contributed by atoms with Crippen LogP contribution in [-0.4, -0.2) is 17.7 Å². The smallest absolute Gasteiger partial charge is 0.320 e. The van der Waals surface area contributed by atoms with Gasteiger partial charge in [-0.05, 0) is 6.42 Å². The Morgan fingerprint density at radius 1 is 1.69 bits per heavy atom. The maximum atomic E-state index is 11.1. The average molecular weight is 183 g/mol. The number of carbonyl (C=O) groups is 1. The van der Waals surface area contributed by atoms with Crippen LogP contribution in [0, 0.1) is 0 Å². The van der Waals surface area contributed by atoms with Gasteiger partial charge in [-0.2, -0.15) is 0 Å². The number of unbranched alkanes of at least 4 members (excludes halogenated alkanes) is 1. The van der Waals surface area contributed by atoms with Crippen LogP contribution in [0.15, 0.2) is 16.9 Å². The lowest BCUT2D eigenvalue weighted by molar-refractivity contribution is 0.251. The summed E-state index contributed by atoms with van der Waals surface area (Å²) < 4.78 is 4.55. The van der Waals surface area contributed by atoms with Gasteiger partial charge in [0.25, 0.3) is 0 Å². The Kier molecular flexibility index (Phi) is 3.81. The number of anilines is 1. The fourth-order valence-corrected chi connectivity index (χ4v) is 0.816. The van der Waals surface area contributed by atoms with Gasteiger partial charge in [0.15, 0.2) is 5.82 Å². The van der Waals surface area contributed by atoms with Crippen LogP contribution < -0.4 is 10.6 Å². The van der Waals surface area contributed by atoms with E-state index in [0.29, 0.717) is 12.4 Å². The zero-order chi connectivity index (χ0) is 9.52. The van der Waals surface area contributed by atoms with Gasteiger partial charge in [-0.15, -0.1) is 0 Å². The molecule has 1 heterocycles. The van der Waals surface area contributed by atoms with Crippen molar-refractivity contribution < 1.29 is 9.32 Å². The van der Waals surface area contributed by atoms with Crippen molar-refractivity contribution in [1.29, 1.82) is 0 Å². The summed E-state index contributed by atoms with van der Waals surface area (Å²) in [6.45, 7) is 2.75. The Morgan fingerprint density at radius 3 is 3.15 bits per heavy atom. The van der Waals surface area contributed by atoms with E-state index in [4.69, 9.17) is 0 Å². The van der Waals surface area contributed by atoms with Gasteiger partial charge in [0, 0.05) is 12.6 Å². The first-order valence-electron chi connectivity index (χ1n) is 4.28. The molecule has 72 valence electrons. The van der Waals surface area contributed by atoms with Crippen LogP contribution in [0.4, 0.5) is 10.6 Å². The van der Waals surface area contributed by atoms with Crippen LogP contribution in [0.25, 0.3) is 0 Å². The second-order valence-corrected chi connectivity index (χ2v) is 2.62. The molecule has 0 bridgehead atoms. The third kappa shape index (κ3) is 3.59. The first kappa shape index (κ1) is 9.57. The lowest BCUT2D eigenvalue weighted by atomic mass is 10.3. The van der Waals surface area contributed by atoms with E-state index in [1.165, 1.54) is 6.26 Å². The quantitative estimate of drug-likeness (QED) is 0.696. The maximum Gasteiger partial charge on any atom is 0.320 e. The molecule has 0 saturated heterocycles. The molecule has 1 rings (SSSR count). The Hall–Kier alpha value is -1.52. The van der Waals surface area contributed by atoms with Crippen molar-refractivity contribution in [2.24, 2.45) is 0 Å². The predicted molar refractivity (Wildman–Crippen MR) is 48.4 cm³/mol. The van der Waals surface area contributed by atoms with E-state index in [1.54, 1.807) is 6.07 Å². The molecule has 0 unspecified atom stereocenters. The number of carbonyl (C=O) groups excluding carboxylic acids is 1.